The zero-order valence-electron chi connectivity index (χ0n) is 10.4. The van der Waals surface area contributed by atoms with E-state index in [0.717, 1.165) is 22.9 Å². The minimum atomic E-state index is -0.903. The molecular formula is C14H17NO3. The molecular weight excluding hydrogens is 230 g/mol. The van der Waals surface area contributed by atoms with Crippen LogP contribution in [-0.4, -0.2) is 27.4 Å². The van der Waals surface area contributed by atoms with Gasteiger partial charge in [-0.15, -0.1) is 0 Å². The zero-order chi connectivity index (χ0) is 13.1. The van der Waals surface area contributed by atoms with E-state index in [1.807, 2.05) is 29.8 Å². The van der Waals surface area contributed by atoms with Gasteiger partial charge >= 0.3 is 5.97 Å². The molecule has 2 aromatic rings. The molecule has 1 aromatic carbocycles. The number of aliphatic hydroxyl groups excluding tert-OH is 1. The zero-order valence-corrected chi connectivity index (χ0v) is 10.4. The Morgan fingerprint density at radius 1 is 1.39 bits per heavy atom. The minimum Gasteiger partial charge on any atom is -0.478 e. The van der Waals surface area contributed by atoms with E-state index in [1.54, 1.807) is 6.07 Å². The number of hydrogen-bond donors (Lipinski definition) is 2. The van der Waals surface area contributed by atoms with Crippen LogP contribution in [0.3, 0.4) is 0 Å². The predicted molar refractivity (Wildman–Crippen MR) is 70.0 cm³/mol. The maximum atomic E-state index is 11.3. The summed E-state index contributed by atoms with van der Waals surface area (Å²) in [5.74, 6) is -0.903. The topological polar surface area (TPSA) is 62.5 Å². The Kier molecular flexibility index (Phi) is 3.67. The third-order valence-corrected chi connectivity index (χ3v) is 3.12. The Hall–Kier alpha value is -1.81. The molecule has 2 rings (SSSR count). The number of aliphatic hydroxyl groups is 1. The van der Waals surface area contributed by atoms with Gasteiger partial charge in [0, 0.05) is 24.7 Å². The van der Waals surface area contributed by atoms with Gasteiger partial charge in [0.15, 0.2) is 0 Å². The fourth-order valence-corrected chi connectivity index (χ4v) is 2.21. The van der Waals surface area contributed by atoms with E-state index in [-0.39, 0.29) is 6.61 Å². The first-order valence-corrected chi connectivity index (χ1v) is 6.13. The van der Waals surface area contributed by atoms with Crippen molar-refractivity contribution >= 4 is 16.9 Å². The number of carboxylic acid groups (broad SMARTS) is 1. The summed E-state index contributed by atoms with van der Waals surface area (Å²) in [4.78, 5) is 11.3. The number of hydrogen-bond acceptors (Lipinski definition) is 2. The molecule has 0 amide bonds. The van der Waals surface area contributed by atoms with Crippen LogP contribution in [0.5, 0.6) is 0 Å². The molecule has 1 aromatic heterocycles. The smallest absolute Gasteiger partial charge is 0.337 e. The van der Waals surface area contributed by atoms with Crippen LogP contribution < -0.4 is 0 Å². The van der Waals surface area contributed by atoms with E-state index < -0.39 is 5.97 Å². The van der Waals surface area contributed by atoms with Gasteiger partial charge in [0.1, 0.15) is 0 Å². The maximum Gasteiger partial charge on any atom is 0.337 e. The monoisotopic (exact) mass is 247 g/mol. The number of aryl methyl sites for hydroxylation is 2. The number of aromatic carboxylic acids is 1. The highest BCUT2D eigenvalue weighted by Crippen LogP contribution is 2.23. The van der Waals surface area contributed by atoms with Crippen molar-refractivity contribution in [1.82, 2.24) is 4.57 Å². The molecule has 0 spiro atoms. The van der Waals surface area contributed by atoms with Crippen LogP contribution in [0.25, 0.3) is 10.9 Å². The first-order chi connectivity index (χ1) is 8.67. The minimum absolute atomic E-state index is 0.106. The summed E-state index contributed by atoms with van der Waals surface area (Å²) in [6.45, 7) is 2.75. The highest BCUT2D eigenvalue weighted by molar-refractivity contribution is 6.02. The Balaban J connectivity index is 2.59. The van der Waals surface area contributed by atoms with Crippen molar-refractivity contribution in [3.63, 3.8) is 0 Å². The molecule has 1 heterocycles. The van der Waals surface area contributed by atoms with E-state index in [0.29, 0.717) is 18.5 Å². The summed E-state index contributed by atoms with van der Waals surface area (Å²) >= 11 is 0. The molecule has 0 unspecified atom stereocenters. The lowest BCUT2D eigenvalue weighted by molar-refractivity contribution is 0.0698. The van der Waals surface area contributed by atoms with Crippen molar-refractivity contribution in [3.8, 4) is 0 Å². The van der Waals surface area contributed by atoms with Crippen molar-refractivity contribution in [1.29, 1.82) is 0 Å². The molecule has 4 nitrogen and oxygen atoms in total. The standard InChI is InChI=1S/C14H17NO3/c1-2-10-8-11-4-6-15(5-3-7-16)13(11)12(9-10)14(17)18/h4,6,8-9,16H,2-3,5,7H2,1H3,(H,17,18). The maximum absolute atomic E-state index is 11.3. The number of fused-ring (bicyclic) bond motifs is 1. The highest BCUT2D eigenvalue weighted by atomic mass is 16.4. The van der Waals surface area contributed by atoms with Gasteiger partial charge in [-0.05, 0) is 36.6 Å². The Morgan fingerprint density at radius 3 is 2.78 bits per heavy atom. The Morgan fingerprint density at radius 2 is 2.17 bits per heavy atom. The van der Waals surface area contributed by atoms with Gasteiger partial charge in [0.05, 0.1) is 11.1 Å². The lowest BCUT2D eigenvalue weighted by Crippen LogP contribution is -2.05. The molecule has 0 fully saturated rings. The number of carbonyl (C=O) groups is 1. The Bertz CT molecular complexity index is 572. The molecule has 0 aliphatic carbocycles. The summed E-state index contributed by atoms with van der Waals surface area (Å²) in [7, 11) is 0. The van der Waals surface area contributed by atoms with Crippen LogP contribution in [0.4, 0.5) is 0 Å². The van der Waals surface area contributed by atoms with Crippen LogP contribution in [-0.2, 0) is 13.0 Å². The normalized spacial score (nSPS) is 11.0. The van der Waals surface area contributed by atoms with Crippen LogP contribution >= 0.6 is 0 Å². The quantitative estimate of drug-likeness (QED) is 0.852. The average molecular weight is 247 g/mol. The first kappa shape index (κ1) is 12.6. The van der Waals surface area contributed by atoms with E-state index >= 15 is 0 Å². The SMILES string of the molecule is CCc1cc(C(=O)O)c2c(ccn2CCCO)c1. The van der Waals surface area contributed by atoms with Gasteiger partial charge in [-0.3, -0.25) is 0 Å². The number of aromatic nitrogens is 1. The van der Waals surface area contributed by atoms with E-state index in [9.17, 15) is 9.90 Å². The van der Waals surface area contributed by atoms with Gasteiger partial charge in [-0.25, -0.2) is 4.79 Å². The second-order valence-corrected chi connectivity index (χ2v) is 4.33. The largest absolute Gasteiger partial charge is 0.478 e. The number of benzene rings is 1. The second kappa shape index (κ2) is 5.23. The molecule has 0 atom stereocenters. The van der Waals surface area contributed by atoms with Gasteiger partial charge in [0.25, 0.3) is 0 Å². The molecule has 0 saturated heterocycles. The van der Waals surface area contributed by atoms with Gasteiger partial charge < -0.3 is 14.8 Å². The molecule has 4 heteroatoms. The molecule has 2 N–H and O–H groups in total. The molecule has 18 heavy (non-hydrogen) atoms. The fourth-order valence-electron chi connectivity index (χ4n) is 2.21. The first-order valence-electron chi connectivity index (χ1n) is 6.13. The molecule has 0 saturated carbocycles. The number of rotatable bonds is 5. The van der Waals surface area contributed by atoms with E-state index in [1.165, 1.54) is 0 Å². The molecule has 96 valence electrons. The van der Waals surface area contributed by atoms with Crippen LogP contribution in [0.15, 0.2) is 24.4 Å². The van der Waals surface area contributed by atoms with Gasteiger partial charge in [-0.2, -0.15) is 0 Å². The summed E-state index contributed by atoms with van der Waals surface area (Å²) < 4.78 is 1.90. The third-order valence-electron chi connectivity index (χ3n) is 3.12. The van der Waals surface area contributed by atoms with Crippen molar-refractivity contribution in [2.75, 3.05) is 6.61 Å². The summed E-state index contributed by atoms with van der Waals surface area (Å²) in [6, 6.07) is 5.69. The van der Waals surface area contributed by atoms with Crippen molar-refractivity contribution in [3.05, 3.63) is 35.5 Å². The number of nitrogens with zero attached hydrogens (tertiary/aromatic N) is 1. The van der Waals surface area contributed by atoms with Crippen LogP contribution in [0.2, 0.25) is 0 Å². The third kappa shape index (κ3) is 2.24. The Labute approximate surface area is 105 Å². The van der Waals surface area contributed by atoms with Gasteiger partial charge in [0.2, 0.25) is 0 Å². The predicted octanol–water partition coefficient (Wildman–Crippen LogP) is 2.28. The van der Waals surface area contributed by atoms with Crippen LogP contribution in [0, 0.1) is 0 Å². The van der Waals surface area contributed by atoms with E-state index in [2.05, 4.69) is 0 Å². The average Bonchev–Trinajstić information content (AvgIpc) is 2.77. The molecule has 0 radical (unpaired) electrons. The molecule has 0 aliphatic rings. The lowest BCUT2D eigenvalue weighted by Gasteiger charge is -2.08. The van der Waals surface area contributed by atoms with Gasteiger partial charge in [-0.1, -0.05) is 6.92 Å². The molecule has 0 bridgehead atoms. The summed E-state index contributed by atoms with van der Waals surface area (Å²) in [6.07, 6.45) is 3.32. The van der Waals surface area contributed by atoms with Crippen LogP contribution in [0.1, 0.15) is 29.3 Å². The number of carboxylic acids is 1. The highest BCUT2D eigenvalue weighted by Gasteiger charge is 2.13. The lowest BCUT2D eigenvalue weighted by atomic mass is 10.0. The fraction of sp³-hybridized carbons (Fsp3) is 0.357. The summed E-state index contributed by atoms with van der Waals surface area (Å²) in [5.41, 5.74) is 2.11. The van der Waals surface area contributed by atoms with Crippen molar-refractivity contribution in [2.24, 2.45) is 0 Å². The second-order valence-electron chi connectivity index (χ2n) is 4.33. The van der Waals surface area contributed by atoms with Crippen molar-refractivity contribution < 1.29 is 15.0 Å². The van der Waals surface area contributed by atoms with Crippen molar-refractivity contribution in [2.45, 2.75) is 26.3 Å². The van der Waals surface area contributed by atoms with E-state index in [4.69, 9.17) is 5.11 Å². The molecule has 0 aliphatic heterocycles. The summed E-state index contributed by atoms with van der Waals surface area (Å²) in [5, 5.41) is 19.1.